The van der Waals surface area contributed by atoms with Crippen molar-refractivity contribution in [1.82, 2.24) is 0 Å². The highest BCUT2D eigenvalue weighted by Gasteiger charge is 2.60. The summed E-state index contributed by atoms with van der Waals surface area (Å²) in [4.78, 5) is 36.7. The minimum absolute atomic E-state index is 0.0515. The number of carbonyl (C=O) groups is 3. The monoisotopic (exact) mass is 294 g/mol. The predicted molar refractivity (Wildman–Crippen MR) is 75.3 cm³/mol. The molecule has 0 saturated carbocycles. The molecule has 0 aromatic carbocycles. The van der Waals surface area contributed by atoms with Crippen molar-refractivity contribution in [2.75, 3.05) is 0 Å². The maximum atomic E-state index is 12.3. The van der Waals surface area contributed by atoms with Crippen molar-refractivity contribution >= 4 is 17.7 Å². The lowest BCUT2D eigenvalue weighted by Crippen LogP contribution is -2.46. The molecule has 1 heterocycles. The van der Waals surface area contributed by atoms with E-state index in [-0.39, 0.29) is 5.78 Å². The number of fused-ring (bicyclic) bond motifs is 1. The van der Waals surface area contributed by atoms with E-state index in [1.807, 2.05) is 0 Å². The lowest BCUT2D eigenvalue weighted by atomic mass is 9.67. The van der Waals surface area contributed by atoms with Crippen LogP contribution in [0.4, 0.5) is 0 Å². The molecule has 4 atom stereocenters. The molecule has 2 aliphatic rings. The third kappa shape index (κ3) is 2.61. The molecular formula is C16H22O5. The van der Waals surface area contributed by atoms with Crippen LogP contribution in [0, 0.1) is 17.8 Å². The number of carbonyl (C=O) groups excluding carboxylic acids is 3. The Morgan fingerprint density at radius 1 is 1.33 bits per heavy atom. The van der Waals surface area contributed by atoms with E-state index in [1.165, 1.54) is 0 Å². The Labute approximate surface area is 124 Å². The molecule has 0 bridgehead atoms. The topological polar surface area (TPSA) is 69.7 Å². The van der Waals surface area contributed by atoms with Gasteiger partial charge in [0.25, 0.3) is 0 Å². The van der Waals surface area contributed by atoms with Crippen molar-refractivity contribution in [3.8, 4) is 0 Å². The average molecular weight is 294 g/mol. The highest BCUT2D eigenvalue weighted by atomic mass is 16.6. The first-order chi connectivity index (χ1) is 9.46. The van der Waals surface area contributed by atoms with E-state index in [1.54, 1.807) is 47.6 Å². The first-order valence-corrected chi connectivity index (χ1v) is 7.15. The maximum Gasteiger partial charge on any atom is 0.321 e. The Kier molecular flexibility index (Phi) is 3.51. The summed E-state index contributed by atoms with van der Waals surface area (Å²) in [5.41, 5.74) is -1.04. The van der Waals surface area contributed by atoms with Gasteiger partial charge in [0.2, 0.25) is 0 Å². The molecule has 5 nitrogen and oxygen atoms in total. The van der Waals surface area contributed by atoms with Gasteiger partial charge in [-0.1, -0.05) is 6.92 Å². The van der Waals surface area contributed by atoms with Crippen LogP contribution in [0.25, 0.3) is 0 Å². The van der Waals surface area contributed by atoms with E-state index in [0.29, 0.717) is 5.57 Å². The van der Waals surface area contributed by atoms with Crippen LogP contribution < -0.4 is 0 Å². The van der Waals surface area contributed by atoms with Gasteiger partial charge in [-0.05, 0) is 46.3 Å². The molecule has 21 heavy (non-hydrogen) atoms. The molecule has 1 fully saturated rings. The largest absolute Gasteiger partial charge is 0.459 e. The summed E-state index contributed by atoms with van der Waals surface area (Å²) in [5.74, 6) is -3.29. The number of Topliss-reactive ketones (excluding diaryl/α,β-unsaturated/α-hetero) is 1. The number of esters is 2. The summed E-state index contributed by atoms with van der Waals surface area (Å²) in [6, 6.07) is 0. The Morgan fingerprint density at radius 2 is 1.90 bits per heavy atom. The fourth-order valence-electron chi connectivity index (χ4n) is 3.37. The summed E-state index contributed by atoms with van der Waals surface area (Å²) in [6.07, 6.45) is 1.66. The van der Waals surface area contributed by atoms with Crippen LogP contribution in [0.3, 0.4) is 0 Å². The van der Waals surface area contributed by atoms with Gasteiger partial charge in [0.05, 0.1) is 0 Å². The zero-order valence-corrected chi connectivity index (χ0v) is 13.4. The molecule has 0 radical (unpaired) electrons. The molecule has 0 amide bonds. The van der Waals surface area contributed by atoms with E-state index in [2.05, 4.69) is 0 Å². The number of allylic oxidation sites excluding steroid dienone is 1. The van der Waals surface area contributed by atoms with Crippen LogP contribution in [-0.2, 0) is 23.9 Å². The first-order valence-electron chi connectivity index (χ1n) is 7.15. The molecular weight excluding hydrogens is 272 g/mol. The van der Waals surface area contributed by atoms with Gasteiger partial charge in [-0.3, -0.25) is 14.4 Å². The van der Waals surface area contributed by atoms with Crippen LogP contribution in [0.2, 0.25) is 0 Å². The SMILES string of the molecule is CC1=C[C@@]2(C)OC(=O)[C@H](C(=O)OC(C)(C)C)[C@H]2[C@@H](C)C1=O. The fourth-order valence-corrected chi connectivity index (χ4v) is 3.37. The average Bonchev–Trinajstić information content (AvgIpc) is 2.55. The molecule has 1 saturated heterocycles. The van der Waals surface area contributed by atoms with Crippen molar-refractivity contribution < 1.29 is 23.9 Å². The fraction of sp³-hybridized carbons (Fsp3) is 0.688. The smallest absolute Gasteiger partial charge is 0.321 e. The van der Waals surface area contributed by atoms with Crippen molar-refractivity contribution in [2.45, 2.75) is 52.7 Å². The zero-order valence-electron chi connectivity index (χ0n) is 13.4. The van der Waals surface area contributed by atoms with E-state index in [4.69, 9.17) is 9.47 Å². The van der Waals surface area contributed by atoms with Gasteiger partial charge in [0.1, 0.15) is 11.2 Å². The molecule has 1 aliphatic heterocycles. The molecule has 2 rings (SSSR count). The quantitative estimate of drug-likeness (QED) is 0.547. The summed E-state index contributed by atoms with van der Waals surface area (Å²) >= 11 is 0. The highest BCUT2D eigenvalue weighted by Crippen LogP contribution is 2.47. The maximum absolute atomic E-state index is 12.3. The lowest BCUT2D eigenvalue weighted by molar-refractivity contribution is -0.165. The van der Waals surface area contributed by atoms with Crippen LogP contribution >= 0.6 is 0 Å². The molecule has 0 aromatic rings. The minimum Gasteiger partial charge on any atom is -0.459 e. The second kappa shape index (κ2) is 4.68. The first kappa shape index (κ1) is 15.7. The van der Waals surface area contributed by atoms with Crippen molar-refractivity contribution in [2.24, 2.45) is 17.8 Å². The van der Waals surface area contributed by atoms with E-state index < -0.39 is 40.9 Å². The number of hydrogen-bond donors (Lipinski definition) is 0. The molecule has 0 N–H and O–H groups in total. The van der Waals surface area contributed by atoms with Gasteiger partial charge in [0, 0.05) is 11.8 Å². The number of ether oxygens (including phenoxy) is 2. The van der Waals surface area contributed by atoms with Gasteiger partial charge in [-0.2, -0.15) is 0 Å². The van der Waals surface area contributed by atoms with Crippen molar-refractivity contribution in [1.29, 1.82) is 0 Å². The van der Waals surface area contributed by atoms with E-state index in [9.17, 15) is 14.4 Å². The van der Waals surface area contributed by atoms with E-state index in [0.717, 1.165) is 0 Å². The van der Waals surface area contributed by atoms with Crippen LogP contribution in [0.15, 0.2) is 11.6 Å². The van der Waals surface area contributed by atoms with Crippen LogP contribution in [0.5, 0.6) is 0 Å². The summed E-state index contributed by atoms with van der Waals surface area (Å²) in [7, 11) is 0. The normalized spacial score (nSPS) is 35.9. The number of ketones is 1. The standard InChI is InChI=1S/C16H22O5/c1-8-7-16(6)11(9(2)12(8)17)10(14(19)21-16)13(18)20-15(3,4)5/h7,9-11H,1-6H3/t9-,10+,11-,16-/m1/s1. The Morgan fingerprint density at radius 3 is 2.43 bits per heavy atom. The van der Waals surface area contributed by atoms with Crippen LogP contribution in [-0.4, -0.2) is 28.9 Å². The van der Waals surface area contributed by atoms with Gasteiger partial charge >= 0.3 is 11.9 Å². The molecule has 5 heteroatoms. The molecule has 1 aliphatic carbocycles. The number of rotatable bonds is 1. The second-order valence-corrected chi connectivity index (χ2v) is 7.12. The summed E-state index contributed by atoms with van der Waals surface area (Å²) in [6.45, 7) is 10.4. The Balaban J connectivity index is 2.39. The summed E-state index contributed by atoms with van der Waals surface area (Å²) in [5, 5.41) is 0. The van der Waals surface area contributed by atoms with Gasteiger partial charge in [-0.25, -0.2) is 0 Å². The molecule has 0 unspecified atom stereocenters. The minimum atomic E-state index is -1.04. The van der Waals surface area contributed by atoms with Crippen LogP contribution in [0.1, 0.15) is 41.5 Å². The third-order valence-electron chi connectivity index (χ3n) is 4.10. The van der Waals surface area contributed by atoms with Gasteiger partial charge in [-0.15, -0.1) is 0 Å². The highest BCUT2D eigenvalue weighted by molar-refractivity contribution is 6.03. The number of hydrogen-bond acceptors (Lipinski definition) is 5. The van der Waals surface area contributed by atoms with E-state index >= 15 is 0 Å². The molecule has 116 valence electrons. The van der Waals surface area contributed by atoms with Gasteiger partial charge in [0.15, 0.2) is 11.7 Å². The Bertz CT molecular complexity index is 539. The lowest BCUT2D eigenvalue weighted by Gasteiger charge is -2.36. The summed E-state index contributed by atoms with van der Waals surface area (Å²) < 4.78 is 10.7. The third-order valence-corrected chi connectivity index (χ3v) is 4.10. The van der Waals surface area contributed by atoms with Crippen molar-refractivity contribution in [3.63, 3.8) is 0 Å². The van der Waals surface area contributed by atoms with Crippen molar-refractivity contribution in [3.05, 3.63) is 11.6 Å². The molecule has 0 aromatic heterocycles. The Hall–Kier alpha value is -1.65. The molecule has 0 spiro atoms. The zero-order chi connectivity index (χ0) is 16.2. The van der Waals surface area contributed by atoms with Gasteiger partial charge < -0.3 is 9.47 Å². The predicted octanol–water partition coefficient (Wildman–Crippen LogP) is 2.04. The second-order valence-electron chi connectivity index (χ2n) is 7.12.